The normalized spacial score (nSPS) is 21.8. The highest BCUT2D eigenvalue weighted by Crippen LogP contribution is 2.47. The number of amides is 1. The highest BCUT2D eigenvalue weighted by atomic mass is 16.2. The molecular formula is C12H14N2O. The van der Waals surface area contributed by atoms with E-state index in [1.54, 1.807) is 0 Å². The summed E-state index contributed by atoms with van der Waals surface area (Å²) in [6, 6.07) is 3.93. The third-order valence-electron chi connectivity index (χ3n) is 3.63. The first-order valence-corrected chi connectivity index (χ1v) is 5.52. The number of nitrogens with zero attached hydrogens (tertiary/aromatic N) is 1. The summed E-state index contributed by atoms with van der Waals surface area (Å²) in [5.74, 6) is 0.160. The number of anilines is 1. The predicted molar refractivity (Wildman–Crippen MR) is 57.7 cm³/mol. The van der Waals surface area contributed by atoms with Crippen molar-refractivity contribution in [2.45, 2.75) is 38.0 Å². The Morgan fingerprint density at radius 2 is 2.07 bits per heavy atom. The molecule has 78 valence electrons. The van der Waals surface area contributed by atoms with E-state index in [-0.39, 0.29) is 11.3 Å². The molecule has 2 aliphatic rings. The van der Waals surface area contributed by atoms with E-state index < -0.39 is 0 Å². The molecule has 15 heavy (non-hydrogen) atoms. The Hall–Kier alpha value is -1.38. The molecule has 3 heteroatoms. The minimum absolute atomic E-state index is 0.160. The lowest BCUT2D eigenvalue weighted by atomic mass is 9.83. The number of hydrogen-bond acceptors (Lipinski definition) is 2. The third-order valence-corrected chi connectivity index (χ3v) is 3.63. The minimum Gasteiger partial charge on any atom is -0.324 e. The number of aromatic nitrogens is 1. The molecule has 0 atom stereocenters. The molecule has 3 nitrogen and oxygen atoms in total. The summed E-state index contributed by atoms with van der Waals surface area (Å²) in [5.41, 5.74) is 2.62. The Kier molecular flexibility index (Phi) is 1.67. The first-order chi connectivity index (χ1) is 7.22. The van der Waals surface area contributed by atoms with Gasteiger partial charge in [-0.3, -0.25) is 9.78 Å². The van der Waals surface area contributed by atoms with Crippen molar-refractivity contribution < 1.29 is 4.79 Å². The van der Waals surface area contributed by atoms with Crippen LogP contribution in [0.2, 0.25) is 0 Å². The molecule has 0 unspecified atom stereocenters. The molecule has 0 saturated heterocycles. The summed E-state index contributed by atoms with van der Waals surface area (Å²) in [6.45, 7) is 1.98. The van der Waals surface area contributed by atoms with Gasteiger partial charge >= 0.3 is 0 Å². The van der Waals surface area contributed by atoms with Crippen molar-refractivity contribution >= 4 is 11.6 Å². The number of rotatable bonds is 0. The van der Waals surface area contributed by atoms with Gasteiger partial charge in [0.2, 0.25) is 5.91 Å². The summed E-state index contributed by atoms with van der Waals surface area (Å²) < 4.78 is 0. The number of nitrogens with one attached hydrogen (secondary N) is 1. The molecule has 3 rings (SSSR count). The number of carbonyl (C=O) groups is 1. The SMILES string of the molecule is Cc1ccc2c(n1)C1(CCCC1)C(=O)N2. The standard InChI is InChI=1S/C12H14N2O/c1-8-4-5-9-10(13-8)12(11(15)14-9)6-2-3-7-12/h4-5H,2-3,6-7H2,1H3,(H,14,15). The smallest absolute Gasteiger partial charge is 0.236 e. The predicted octanol–water partition coefficient (Wildman–Crippen LogP) is 2.15. The Bertz CT molecular complexity index is 433. The topological polar surface area (TPSA) is 42.0 Å². The molecule has 1 aromatic rings. The monoisotopic (exact) mass is 202 g/mol. The number of pyridine rings is 1. The summed E-state index contributed by atoms with van der Waals surface area (Å²) in [7, 11) is 0. The Morgan fingerprint density at radius 1 is 1.33 bits per heavy atom. The van der Waals surface area contributed by atoms with Crippen LogP contribution in [-0.2, 0) is 10.2 Å². The zero-order valence-corrected chi connectivity index (χ0v) is 8.84. The van der Waals surface area contributed by atoms with Crippen molar-refractivity contribution in [3.8, 4) is 0 Å². The molecule has 1 saturated carbocycles. The van der Waals surface area contributed by atoms with Crippen LogP contribution in [0.3, 0.4) is 0 Å². The minimum atomic E-state index is -0.290. The highest BCUT2D eigenvalue weighted by Gasteiger charge is 2.49. The zero-order valence-electron chi connectivity index (χ0n) is 8.84. The van der Waals surface area contributed by atoms with E-state index in [1.165, 1.54) is 0 Å². The van der Waals surface area contributed by atoms with Gasteiger partial charge in [-0.2, -0.15) is 0 Å². The average Bonchev–Trinajstić information content (AvgIpc) is 2.78. The van der Waals surface area contributed by atoms with Crippen molar-refractivity contribution in [1.29, 1.82) is 0 Å². The van der Waals surface area contributed by atoms with Crippen molar-refractivity contribution in [3.63, 3.8) is 0 Å². The molecule has 1 aliphatic heterocycles. The van der Waals surface area contributed by atoms with E-state index >= 15 is 0 Å². The molecule has 1 N–H and O–H groups in total. The van der Waals surface area contributed by atoms with E-state index in [1.807, 2.05) is 19.1 Å². The van der Waals surface area contributed by atoms with Gasteiger partial charge in [0.1, 0.15) is 0 Å². The Morgan fingerprint density at radius 3 is 2.80 bits per heavy atom. The van der Waals surface area contributed by atoms with Crippen molar-refractivity contribution in [3.05, 3.63) is 23.5 Å². The van der Waals surface area contributed by atoms with Gasteiger partial charge in [0.15, 0.2) is 0 Å². The van der Waals surface area contributed by atoms with Gasteiger partial charge in [0.05, 0.1) is 16.8 Å². The van der Waals surface area contributed by atoms with Crippen LogP contribution in [0.25, 0.3) is 0 Å². The number of hydrogen-bond donors (Lipinski definition) is 1. The van der Waals surface area contributed by atoms with Gasteiger partial charge in [-0.15, -0.1) is 0 Å². The maximum atomic E-state index is 12.0. The van der Waals surface area contributed by atoms with Crippen LogP contribution >= 0.6 is 0 Å². The van der Waals surface area contributed by atoms with Crippen LogP contribution in [0, 0.1) is 6.92 Å². The fraction of sp³-hybridized carbons (Fsp3) is 0.500. The summed E-state index contributed by atoms with van der Waals surface area (Å²) in [6.07, 6.45) is 4.20. The van der Waals surface area contributed by atoms with Crippen molar-refractivity contribution in [1.82, 2.24) is 4.98 Å². The maximum Gasteiger partial charge on any atom is 0.236 e. The van der Waals surface area contributed by atoms with E-state index in [0.717, 1.165) is 42.8 Å². The van der Waals surface area contributed by atoms with Crippen LogP contribution in [0.5, 0.6) is 0 Å². The first kappa shape index (κ1) is 8.89. The van der Waals surface area contributed by atoms with Crippen LogP contribution in [0.1, 0.15) is 37.1 Å². The second-order valence-corrected chi connectivity index (χ2v) is 4.59. The van der Waals surface area contributed by atoms with Gasteiger partial charge in [0, 0.05) is 5.69 Å². The van der Waals surface area contributed by atoms with Crippen molar-refractivity contribution in [2.75, 3.05) is 5.32 Å². The van der Waals surface area contributed by atoms with Gasteiger partial charge in [-0.05, 0) is 31.9 Å². The Balaban J connectivity index is 2.19. The van der Waals surface area contributed by atoms with Crippen LogP contribution < -0.4 is 5.32 Å². The largest absolute Gasteiger partial charge is 0.324 e. The lowest BCUT2D eigenvalue weighted by Gasteiger charge is -2.19. The first-order valence-electron chi connectivity index (χ1n) is 5.52. The number of aryl methyl sites for hydroxylation is 1. The third kappa shape index (κ3) is 1.06. The van der Waals surface area contributed by atoms with Gasteiger partial charge < -0.3 is 5.32 Å². The molecule has 1 aromatic heterocycles. The molecule has 1 spiro atoms. The molecule has 0 radical (unpaired) electrons. The fourth-order valence-electron chi connectivity index (χ4n) is 2.81. The lowest BCUT2D eigenvalue weighted by molar-refractivity contribution is -0.120. The lowest BCUT2D eigenvalue weighted by Crippen LogP contribution is -2.31. The average molecular weight is 202 g/mol. The van der Waals surface area contributed by atoms with E-state index in [0.29, 0.717) is 0 Å². The molecule has 1 aliphatic carbocycles. The van der Waals surface area contributed by atoms with Crippen LogP contribution in [0.4, 0.5) is 5.69 Å². The number of carbonyl (C=O) groups excluding carboxylic acids is 1. The highest BCUT2D eigenvalue weighted by molar-refractivity contribution is 6.05. The summed E-state index contributed by atoms with van der Waals surface area (Å²) >= 11 is 0. The second-order valence-electron chi connectivity index (χ2n) is 4.59. The molecule has 1 amide bonds. The number of fused-ring (bicyclic) bond motifs is 2. The van der Waals surface area contributed by atoms with E-state index in [2.05, 4.69) is 10.3 Å². The van der Waals surface area contributed by atoms with Crippen molar-refractivity contribution in [2.24, 2.45) is 0 Å². The zero-order chi connectivity index (χ0) is 10.5. The summed E-state index contributed by atoms with van der Waals surface area (Å²) in [4.78, 5) is 16.6. The van der Waals surface area contributed by atoms with Crippen LogP contribution in [-0.4, -0.2) is 10.9 Å². The van der Waals surface area contributed by atoms with Gasteiger partial charge in [0.25, 0.3) is 0 Å². The molecular weight excluding hydrogens is 188 g/mol. The fourth-order valence-corrected chi connectivity index (χ4v) is 2.81. The Labute approximate surface area is 88.9 Å². The second kappa shape index (κ2) is 2.81. The van der Waals surface area contributed by atoms with Gasteiger partial charge in [-0.25, -0.2) is 0 Å². The molecule has 0 bridgehead atoms. The molecule has 2 heterocycles. The summed E-state index contributed by atoms with van der Waals surface area (Å²) in [5, 5.41) is 2.96. The maximum absolute atomic E-state index is 12.0. The van der Waals surface area contributed by atoms with E-state index in [4.69, 9.17) is 0 Å². The van der Waals surface area contributed by atoms with Crippen LogP contribution in [0.15, 0.2) is 12.1 Å². The molecule has 0 aromatic carbocycles. The van der Waals surface area contributed by atoms with Gasteiger partial charge in [-0.1, -0.05) is 12.8 Å². The quantitative estimate of drug-likeness (QED) is 0.700. The van der Waals surface area contributed by atoms with E-state index in [9.17, 15) is 4.79 Å². The molecule has 1 fully saturated rings.